The Kier molecular flexibility index (Phi) is 6.37. The van der Waals surface area contributed by atoms with E-state index in [0.717, 1.165) is 25.9 Å². The molecule has 1 aliphatic rings. The summed E-state index contributed by atoms with van der Waals surface area (Å²) < 4.78 is 15.6. The van der Waals surface area contributed by atoms with E-state index in [1.54, 1.807) is 0 Å². The minimum absolute atomic E-state index is 0.0663. The van der Waals surface area contributed by atoms with Crippen molar-refractivity contribution in [1.82, 2.24) is 0 Å². The summed E-state index contributed by atoms with van der Waals surface area (Å²) in [5.41, 5.74) is 5.41. The lowest BCUT2D eigenvalue weighted by molar-refractivity contribution is -0.151. The number of nitrogens with two attached hydrogens (primary N) is 1. The van der Waals surface area contributed by atoms with Gasteiger partial charge in [-0.15, -0.1) is 0 Å². The molecule has 0 aromatic rings. The highest BCUT2D eigenvalue weighted by Gasteiger charge is 2.17. The Morgan fingerprint density at radius 1 is 1.56 bits per heavy atom. The van der Waals surface area contributed by atoms with E-state index in [2.05, 4.69) is 0 Å². The number of esters is 1. The molecule has 2 atom stereocenters. The topological polar surface area (TPSA) is 70.8 Å². The summed E-state index contributed by atoms with van der Waals surface area (Å²) in [6.07, 6.45) is 3.24. The molecule has 0 saturated carbocycles. The van der Waals surface area contributed by atoms with Crippen LogP contribution in [0, 0.1) is 0 Å². The Balaban J connectivity index is 2.13. The molecule has 1 rings (SSSR count). The molecular formula is C11H21NO4. The quantitative estimate of drug-likeness (QED) is 0.672. The van der Waals surface area contributed by atoms with Gasteiger partial charge in [0.05, 0.1) is 18.6 Å². The standard InChI is InChI=1S/C11H21NO4/c1-14-10(7-12)6-11(13)16-8-9-4-2-3-5-15-9/h9-10H,2-8,12H2,1H3. The molecule has 2 unspecified atom stereocenters. The first-order valence-corrected chi connectivity index (χ1v) is 5.76. The Morgan fingerprint density at radius 3 is 2.94 bits per heavy atom. The first-order chi connectivity index (χ1) is 7.76. The average Bonchev–Trinajstić information content (AvgIpc) is 2.34. The van der Waals surface area contributed by atoms with Gasteiger partial charge in [-0.1, -0.05) is 0 Å². The minimum atomic E-state index is -0.272. The van der Waals surface area contributed by atoms with Crippen molar-refractivity contribution in [2.75, 3.05) is 26.9 Å². The van der Waals surface area contributed by atoms with Gasteiger partial charge in [0, 0.05) is 20.3 Å². The Labute approximate surface area is 96.2 Å². The van der Waals surface area contributed by atoms with Crippen molar-refractivity contribution in [3.63, 3.8) is 0 Å². The number of carbonyl (C=O) groups is 1. The Hall–Kier alpha value is -0.650. The van der Waals surface area contributed by atoms with Gasteiger partial charge in [0.15, 0.2) is 0 Å². The number of hydrogen-bond donors (Lipinski definition) is 1. The zero-order valence-corrected chi connectivity index (χ0v) is 9.81. The zero-order valence-electron chi connectivity index (χ0n) is 9.81. The molecule has 0 radical (unpaired) electrons. The fourth-order valence-electron chi connectivity index (χ4n) is 1.63. The predicted octanol–water partition coefficient (Wildman–Crippen LogP) is 0.463. The van der Waals surface area contributed by atoms with Gasteiger partial charge >= 0.3 is 5.97 Å². The molecule has 1 aliphatic heterocycles. The van der Waals surface area contributed by atoms with E-state index in [1.807, 2.05) is 0 Å². The lowest BCUT2D eigenvalue weighted by Gasteiger charge is -2.22. The maximum atomic E-state index is 11.4. The number of carbonyl (C=O) groups excluding carboxylic acids is 1. The van der Waals surface area contributed by atoms with Gasteiger partial charge in [0.2, 0.25) is 0 Å². The number of hydrogen-bond acceptors (Lipinski definition) is 5. The summed E-state index contributed by atoms with van der Waals surface area (Å²) in [5.74, 6) is -0.272. The molecule has 0 amide bonds. The molecule has 1 saturated heterocycles. The van der Waals surface area contributed by atoms with E-state index in [1.165, 1.54) is 7.11 Å². The van der Waals surface area contributed by atoms with E-state index >= 15 is 0 Å². The third-order valence-electron chi connectivity index (χ3n) is 2.69. The lowest BCUT2D eigenvalue weighted by atomic mass is 10.1. The van der Waals surface area contributed by atoms with Gasteiger partial charge in [0.1, 0.15) is 6.61 Å². The smallest absolute Gasteiger partial charge is 0.308 e. The van der Waals surface area contributed by atoms with Crippen LogP contribution in [0.1, 0.15) is 25.7 Å². The monoisotopic (exact) mass is 231 g/mol. The molecule has 16 heavy (non-hydrogen) atoms. The summed E-state index contributed by atoms with van der Waals surface area (Å²) in [5, 5.41) is 0. The van der Waals surface area contributed by atoms with Crippen LogP contribution in [-0.4, -0.2) is 45.0 Å². The second kappa shape index (κ2) is 7.60. The molecule has 94 valence electrons. The van der Waals surface area contributed by atoms with E-state index < -0.39 is 0 Å². The van der Waals surface area contributed by atoms with Crippen LogP contribution in [0.25, 0.3) is 0 Å². The largest absolute Gasteiger partial charge is 0.463 e. The summed E-state index contributed by atoms with van der Waals surface area (Å²) >= 11 is 0. The van der Waals surface area contributed by atoms with Crippen molar-refractivity contribution in [1.29, 1.82) is 0 Å². The average molecular weight is 231 g/mol. The van der Waals surface area contributed by atoms with Crippen molar-refractivity contribution < 1.29 is 19.0 Å². The van der Waals surface area contributed by atoms with Crippen LogP contribution in [-0.2, 0) is 19.0 Å². The lowest BCUT2D eigenvalue weighted by Crippen LogP contribution is -2.29. The zero-order chi connectivity index (χ0) is 11.8. The van der Waals surface area contributed by atoms with Gasteiger partial charge in [0.25, 0.3) is 0 Å². The van der Waals surface area contributed by atoms with Gasteiger partial charge < -0.3 is 19.9 Å². The summed E-state index contributed by atoms with van der Waals surface area (Å²) in [7, 11) is 1.54. The highest BCUT2D eigenvalue weighted by molar-refractivity contribution is 5.70. The molecule has 1 heterocycles. The third kappa shape index (κ3) is 4.92. The minimum Gasteiger partial charge on any atom is -0.463 e. The van der Waals surface area contributed by atoms with Crippen molar-refractivity contribution in [2.45, 2.75) is 37.9 Å². The molecule has 2 N–H and O–H groups in total. The van der Waals surface area contributed by atoms with Crippen LogP contribution in [0.4, 0.5) is 0 Å². The van der Waals surface area contributed by atoms with Crippen LogP contribution in [0.15, 0.2) is 0 Å². The molecule has 5 nitrogen and oxygen atoms in total. The van der Waals surface area contributed by atoms with E-state index in [9.17, 15) is 4.79 Å². The van der Waals surface area contributed by atoms with Crippen molar-refractivity contribution in [2.24, 2.45) is 5.73 Å². The number of ether oxygens (including phenoxy) is 3. The fourth-order valence-corrected chi connectivity index (χ4v) is 1.63. The van der Waals surface area contributed by atoms with Crippen LogP contribution in [0.5, 0.6) is 0 Å². The summed E-state index contributed by atoms with van der Waals surface area (Å²) in [6, 6.07) is 0. The van der Waals surface area contributed by atoms with Gasteiger partial charge in [-0.3, -0.25) is 4.79 Å². The van der Waals surface area contributed by atoms with Crippen molar-refractivity contribution in [3.8, 4) is 0 Å². The SMILES string of the molecule is COC(CN)CC(=O)OCC1CCCCO1. The maximum absolute atomic E-state index is 11.4. The van der Waals surface area contributed by atoms with Crippen LogP contribution >= 0.6 is 0 Å². The predicted molar refractivity (Wildman–Crippen MR) is 59.0 cm³/mol. The van der Waals surface area contributed by atoms with Gasteiger partial charge in [-0.05, 0) is 19.3 Å². The van der Waals surface area contributed by atoms with Crippen LogP contribution in [0.3, 0.4) is 0 Å². The van der Waals surface area contributed by atoms with Crippen LogP contribution < -0.4 is 5.73 Å². The molecule has 0 spiro atoms. The first-order valence-electron chi connectivity index (χ1n) is 5.76. The Bertz CT molecular complexity index is 200. The molecule has 0 aromatic heterocycles. The molecular weight excluding hydrogens is 210 g/mol. The molecule has 0 bridgehead atoms. The molecule has 0 aliphatic carbocycles. The molecule has 0 aromatic carbocycles. The van der Waals surface area contributed by atoms with E-state index in [4.69, 9.17) is 19.9 Å². The first kappa shape index (κ1) is 13.4. The van der Waals surface area contributed by atoms with Crippen molar-refractivity contribution in [3.05, 3.63) is 0 Å². The van der Waals surface area contributed by atoms with Crippen molar-refractivity contribution >= 4 is 5.97 Å². The fraction of sp³-hybridized carbons (Fsp3) is 0.909. The highest BCUT2D eigenvalue weighted by Crippen LogP contribution is 2.13. The number of methoxy groups -OCH3 is 1. The van der Waals surface area contributed by atoms with Crippen LogP contribution in [0.2, 0.25) is 0 Å². The molecule has 5 heteroatoms. The van der Waals surface area contributed by atoms with E-state index in [-0.39, 0.29) is 24.6 Å². The van der Waals surface area contributed by atoms with Gasteiger partial charge in [-0.25, -0.2) is 0 Å². The maximum Gasteiger partial charge on any atom is 0.308 e. The highest BCUT2D eigenvalue weighted by atomic mass is 16.6. The Morgan fingerprint density at radius 2 is 2.38 bits per heavy atom. The molecule has 1 fully saturated rings. The summed E-state index contributed by atoms with van der Waals surface area (Å²) in [4.78, 5) is 11.4. The second-order valence-electron chi connectivity index (χ2n) is 3.97. The number of rotatable bonds is 6. The van der Waals surface area contributed by atoms with E-state index in [0.29, 0.717) is 13.2 Å². The second-order valence-corrected chi connectivity index (χ2v) is 3.97. The summed E-state index contributed by atoms with van der Waals surface area (Å²) in [6.45, 7) is 1.44. The van der Waals surface area contributed by atoms with Gasteiger partial charge in [-0.2, -0.15) is 0 Å². The third-order valence-corrected chi connectivity index (χ3v) is 2.69. The normalized spacial score (nSPS) is 22.8.